The molecule has 0 radical (unpaired) electrons. The highest BCUT2D eigenvalue weighted by Gasteiger charge is 2.10. The topological polar surface area (TPSA) is 54.5 Å². The molecule has 0 amide bonds. The van der Waals surface area contributed by atoms with E-state index in [-0.39, 0.29) is 18.1 Å². The van der Waals surface area contributed by atoms with E-state index in [9.17, 15) is 13.2 Å². The highest BCUT2D eigenvalue weighted by molar-refractivity contribution is 7.90. The van der Waals surface area contributed by atoms with Crippen LogP contribution in [-0.2, 0) is 9.84 Å². The number of Topliss-reactive ketones (excluding diaryl/α,β-unsaturated/α-hetero) is 1. The molecule has 0 heterocycles. The summed E-state index contributed by atoms with van der Waals surface area (Å²) in [5.41, 5.74) is 0.652. The fourth-order valence-electron chi connectivity index (χ4n) is 1.36. The van der Waals surface area contributed by atoms with Crippen LogP contribution < -0.4 is 0 Å². The molecule has 0 saturated carbocycles. The summed E-state index contributed by atoms with van der Waals surface area (Å²) in [7, 11) is -1.23. The molecular formula is C12H17NO3S. The van der Waals surface area contributed by atoms with Crippen LogP contribution in [0.3, 0.4) is 0 Å². The van der Waals surface area contributed by atoms with Gasteiger partial charge in [-0.2, -0.15) is 0 Å². The minimum absolute atomic E-state index is 0.00148. The van der Waals surface area contributed by atoms with E-state index in [0.29, 0.717) is 12.1 Å². The second kappa shape index (κ2) is 5.93. The van der Waals surface area contributed by atoms with Gasteiger partial charge in [-0.3, -0.25) is 9.69 Å². The largest absolute Gasteiger partial charge is 0.298 e. The van der Waals surface area contributed by atoms with Gasteiger partial charge in [-0.25, -0.2) is 8.42 Å². The van der Waals surface area contributed by atoms with Crippen LogP contribution in [0, 0.1) is 0 Å². The zero-order chi connectivity index (χ0) is 12.9. The summed E-state index contributed by atoms with van der Waals surface area (Å²) in [4.78, 5) is 13.5. The molecule has 5 heteroatoms. The third-order valence-electron chi connectivity index (χ3n) is 2.35. The molecule has 0 aliphatic rings. The number of hydrogen-bond donors (Lipinski definition) is 0. The van der Waals surface area contributed by atoms with E-state index in [0.717, 1.165) is 0 Å². The van der Waals surface area contributed by atoms with Gasteiger partial charge in [0.25, 0.3) is 0 Å². The summed E-state index contributed by atoms with van der Waals surface area (Å²) in [6, 6.07) is 8.98. The molecule has 0 aliphatic carbocycles. The predicted octanol–water partition coefficient (Wildman–Crippen LogP) is 0.846. The average Bonchev–Trinajstić information content (AvgIpc) is 2.27. The Balaban J connectivity index is 2.47. The van der Waals surface area contributed by atoms with Crippen molar-refractivity contribution in [3.8, 4) is 0 Å². The predicted molar refractivity (Wildman–Crippen MR) is 68.0 cm³/mol. The average molecular weight is 255 g/mol. The van der Waals surface area contributed by atoms with Crippen LogP contribution in [0.1, 0.15) is 10.4 Å². The summed E-state index contributed by atoms with van der Waals surface area (Å²) in [5.74, 6) is 0.0765. The van der Waals surface area contributed by atoms with Gasteiger partial charge in [-0.15, -0.1) is 0 Å². The highest BCUT2D eigenvalue weighted by Crippen LogP contribution is 2.01. The fourth-order valence-corrected chi connectivity index (χ4v) is 2.00. The molecule has 0 aliphatic heterocycles. The van der Waals surface area contributed by atoms with E-state index >= 15 is 0 Å². The minimum Gasteiger partial charge on any atom is -0.298 e. The molecule has 0 N–H and O–H groups in total. The number of likely N-dealkylation sites (N-methyl/N-ethyl adjacent to an activating group) is 1. The quantitative estimate of drug-likeness (QED) is 0.707. The first-order chi connectivity index (χ1) is 7.88. The van der Waals surface area contributed by atoms with Gasteiger partial charge in [0.2, 0.25) is 0 Å². The Labute approximate surface area is 102 Å². The van der Waals surface area contributed by atoms with Crippen molar-refractivity contribution < 1.29 is 13.2 Å². The van der Waals surface area contributed by atoms with Crippen LogP contribution in [-0.4, -0.2) is 51.2 Å². The van der Waals surface area contributed by atoms with Crippen molar-refractivity contribution in [3.05, 3.63) is 35.9 Å². The maximum atomic E-state index is 11.8. The lowest BCUT2D eigenvalue weighted by Crippen LogP contribution is -2.30. The molecular weight excluding hydrogens is 238 g/mol. The lowest BCUT2D eigenvalue weighted by molar-refractivity contribution is 0.0949. The number of benzene rings is 1. The number of carbonyl (C=O) groups excluding carboxylic acids is 1. The van der Waals surface area contributed by atoms with Crippen LogP contribution in [0.25, 0.3) is 0 Å². The Morgan fingerprint density at radius 3 is 2.35 bits per heavy atom. The molecule has 0 spiro atoms. The van der Waals surface area contributed by atoms with Crippen molar-refractivity contribution in [3.63, 3.8) is 0 Å². The molecule has 94 valence electrons. The normalized spacial score (nSPS) is 11.7. The molecule has 0 saturated heterocycles. The number of carbonyl (C=O) groups is 1. The van der Waals surface area contributed by atoms with Crippen LogP contribution >= 0.6 is 0 Å². The van der Waals surface area contributed by atoms with E-state index in [1.165, 1.54) is 6.26 Å². The third kappa shape index (κ3) is 5.60. The summed E-state index contributed by atoms with van der Waals surface area (Å²) in [6.07, 6.45) is 1.19. The number of hydrogen-bond acceptors (Lipinski definition) is 4. The van der Waals surface area contributed by atoms with Crippen LogP contribution in [0.15, 0.2) is 30.3 Å². The van der Waals surface area contributed by atoms with Crippen LogP contribution in [0.4, 0.5) is 0 Å². The number of nitrogens with zero attached hydrogens (tertiary/aromatic N) is 1. The van der Waals surface area contributed by atoms with Gasteiger partial charge < -0.3 is 0 Å². The first kappa shape index (κ1) is 13.9. The summed E-state index contributed by atoms with van der Waals surface area (Å²) in [6.45, 7) is 0.608. The first-order valence-corrected chi connectivity index (χ1v) is 7.39. The van der Waals surface area contributed by atoms with Crippen molar-refractivity contribution in [2.45, 2.75) is 0 Å². The standard InChI is InChI=1S/C12H17NO3S/c1-13(8-9-17(2,15)16)10-12(14)11-6-4-3-5-7-11/h3-7H,8-10H2,1-2H3. The van der Waals surface area contributed by atoms with E-state index < -0.39 is 9.84 Å². The molecule has 17 heavy (non-hydrogen) atoms. The van der Waals surface area contributed by atoms with E-state index in [1.807, 2.05) is 18.2 Å². The Morgan fingerprint density at radius 2 is 1.82 bits per heavy atom. The summed E-state index contributed by atoms with van der Waals surface area (Å²) in [5, 5.41) is 0. The number of sulfone groups is 1. The molecule has 0 bridgehead atoms. The maximum absolute atomic E-state index is 11.8. The monoisotopic (exact) mass is 255 g/mol. The minimum atomic E-state index is -2.97. The Hall–Kier alpha value is -1.20. The second-order valence-corrected chi connectivity index (χ2v) is 6.42. The fraction of sp³-hybridized carbons (Fsp3) is 0.417. The van der Waals surface area contributed by atoms with Gasteiger partial charge in [0.1, 0.15) is 9.84 Å². The van der Waals surface area contributed by atoms with Gasteiger partial charge in [-0.1, -0.05) is 30.3 Å². The summed E-state index contributed by atoms with van der Waals surface area (Å²) >= 11 is 0. The van der Waals surface area contributed by atoms with E-state index in [2.05, 4.69) is 0 Å². The van der Waals surface area contributed by atoms with Gasteiger partial charge in [0, 0.05) is 18.4 Å². The van der Waals surface area contributed by atoms with Crippen molar-refractivity contribution >= 4 is 15.6 Å². The molecule has 1 aromatic carbocycles. The zero-order valence-corrected chi connectivity index (χ0v) is 10.9. The van der Waals surface area contributed by atoms with Crippen molar-refractivity contribution in [2.75, 3.05) is 32.1 Å². The number of rotatable bonds is 6. The lowest BCUT2D eigenvalue weighted by Gasteiger charge is -2.14. The second-order valence-electron chi connectivity index (χ2n) is 4.16. The SMILES string of the molecule is CN(CCS(C)(=O)=O)CC(=O)c1ccccc1. The molecule has 1 aromatic rings. The van der Waals surface area contributed by atoms with E-state index in [1.54, 1.807) is 24.1 Å². The smallest absolute Gasteiger partial charge is 0.176 e. The van der Waals surface area contributed by atoms with Gasteiger partial charge in [0.05, 0.1) is 12.3 Å². The first-order valence-electron chi connectivity index (χ1n) is 5.33. The molecule has 0 aromatic heterocycles. The Bertz CT molecular complexity index is 468. The zero-order valence-electron chi connectivity index (χ0n) is 10.1. The van der Waals surface area contributed by atoms with Crippen molar-refractivity contribution in [1.29, 1.82) is 0 Å². The van der Waals surface area contributed by atoms with Gasteiger partial charge >= 0.3 is 0 Å². The Morgan fingerprint density at radius 1 is 1.24 bits per heavy atom. The van der Waals surface area contributed by atoms with Crippen molar-refractivity contribution in [2.24, 2.45) is 0 Å². The lowest BCUT2D eigenvalue weighted by atomic mass is 10.1. The molecule has 1 rings (SSSR count). The molecule has 0 atom stereocenters. The van der Waals surface area contributed by atoms with Gasteiger partial charge in [0.15, 0.2) is 5.78 Å². The van der Waals surface area contributed by atoms with Crippen LogP contribution in [0.2, 0.25) is 0 Å². The maximum Gasteiger partial charge on any atom is 0.176 e. The molecule has 4 nitrogen and oxygen atoms in total. The Kier molecular flexibility index (Phi) is 4.84. The third-order valence-corrected chi connectivity index (χ3v) is 3.28. The van der Waals surface area contributed by atoms with Crippen LogP contribution in [0.5, 0.6) is 0 Å². The van der Waals surface area contributed by atoms with E-state index in [4.69, 9.17) is 0 Å². The van der Waals surface area contributed by atoms with Crippen molar-refractivity contribution in [1.82, 2.24) is 4.90 Å². The molecule has 0 unspecified atom stereocenters. The van der Waals surface area contributed by atoms with Gasteiger partial charge in [-0.05, 0) is 7.05 Å². The number of ketones is 1. The molecule has 0 fully saturated rings. The summed E-state index contributed by atoms with van der Waals surface area (Å²) < 4.78 is 22.0. The highest BCUT2D eigenvalue weighted by atomic mass is 32.2.